The van der Waals surface area contributed by atoms with Crippen LogP contribution in [-0.2, 0) is 22.3 Å². The lowest BCUT2D eigenvalue weighted by molar-refractivity contribution is 0.0951. The van der Waals surface area contributed by atoms with Gasteiger partial charge in [-0.05, 0) is 53.9 Å². The minimum absolute atomic E-state index is 0.224. The number of amides is 1. The smallest absolute Gasteiger partial charge is 0.251 e. The van der Waals surface area contributed by atoms with Crippen molar-refractivity contribution in [2.45, 2.75) is 19.2 Å². The summed E-state index contributed by atoms with van der Waals surface area (Å²) in [6.45, 7) is 2.28. The Hall–Kier alpha value is -3.82. The number of nitrogens with zero attached hydrogens (tertiary/aromatic N) is 2. The number of hydrogen-bond donors (Lipinski definition) is 2. The third-order valence-corrected chi connectivity index (χ3v) is 5.77. The highest BCUT2D eigenvalue weighted by atomic mass is 32.2. The zero-order valence-electron chi connectivity index (χ0n) is 17.9. The molecule has 0 spiro atoms. The molecule has 0 aliphatic rings. The summed E-state index contributed by atoms with van der Waals surface area (Å²) in [5.74, 6) is 0.361. The summed E-state index contributed by atoms with van der Waals surface area (Å²) in [6, 6.07) is 21.5. The second-order valence-corrected chi connectivity index (χ2v) is 9.23. The number of benzene rings is 3. The Kier molecular flexibility index (Phi) is 6.34. The molecule has 3 N–H and O–H groups in total. The minimum atomic E-state index is -3.58. The summed E-state index contributed by atoms with van der Waals surface area (Å²) in [6.07, 6.45) is 0. The number of nitrogens with one attached hydrogen (secondary N) is 1. The van der Waals surface area contributed by atoms with Crippen LogP contribution in [0.5, 0.6) is 0 Å². The maximum absolute atomic E-state index is 12.5. The molecule has 33 heavy (non-hydrogen) atoms. The van der Waals surface area contributed by atoms with Gasteiger partial charge in [0, 0.05) is 23.2 Å². The van der Waals surface area contributed by atoms with Gasteiger partial charge in [0.15, 0.2) is 0 Å². The monoisotopic (exact) mass is 462 g/mol. The first-order chi connectivity index (χ1) is 15.8. The first-order valence-corrected chi connectivity index (χ1v) is 11.9. The van der Waals surface area contributed by atoms with Crippen molar-refractivity contribution < 1.29 is 17.6 Å². The number of carbonyl (C=O) groups is 1. The maximum Gasteiger partial charge on any atom is 0.251 e. The molecule has 0 aliphatic carbocycles. The average Bonchev–Trinajstić information content (AvgIpc) is 3.28. The van der Waals surface area contributed by atoms with Gasteiger partial charge in [-0.3, -0.25) is 4.79 Å². The van der Waals surface area contributed by atoms with E-state index in [0.29, 0.717) is 35.0 Å². The highest BCUT2D eigenvalue weighted by Gasteiger charge is 2.13. The zero-order valence-corrected chi connectivity index (χ0v) is 18.7. The van der Waals surface area contributed by atoms with Crippen LogP contribution in [0.3, 0.4) is 0 Å². The fraction of sp³-hybridized carbons (Fsp3) is 0.125. The van der Waals surface area contributed by atoms with Crippen LogP contribution >= 0.6 is 0 Å². The number of primary sulfonamides is 1. The quantitative estimate of drug-likeness (QED) is 0.433. The van der Waals surface area contributed by atoms with Crippen molar-refractivity contribution in [1.82, 2.24) is 15.5 Å². The lowest BCUT2D eigenvalue weighted by atomic mass is 10.1. The first-order valence-electron chi connectivity index (χ1n) is 10.1. The van der Waals surface area contributed by atoms with Crippen LogP contribution in [0, 0.1) is 6.92 Å². The summed E-state index contributed by atoms with van der Waals surface area (Å²) in [5, 5.41) is 16.1. The Balaban J connectivity index is 1.38. The SMILES string of the molecule is Cc1ccccc1-c1nnc(-c2ccc(C(=O)NCc3ccc(CS(N)(=O)=O)cc3)cc2)o1. The third kappa shape index (κ3) is 5.71. The van der Waals surface area contributed by atoms with E-state index in [1.165, 1.54) is 0 Å². The van der Waals surface area contributed by atoms with Crippen LogP contribution in [0.1, 0.15) is 27.0 Å². The summed E-state index contributed by atoms with van der Waals surface area (Å²) >= 11 is 0. The molecule has 0 fully saturated rings. The van der Waals surface area contributed by atoms with Gasteiger partial charge in [-0.25, -0.2) is 13.6 Å². The molecular weight excluding hydrogens is 440 g/mol. The molecule has 1 aromatic heterocycles. The molecule has 0 saturated carbocycles. The van der Waals surface area contributed by atoms with E-state index in [9.17, 15) is 13.2 Å². The second-order valence-electron chi connectivity index (χ2n) is 7.61. The molecule has 4 rings (SSSR count). The van der Waals surface area contributed by atoms with Gasteiger partial charge in [0.2, 0.25) is 21.8 Å². The lowest BCUT2D eigenvalue weighted by Crippen LogP contribution is -2.22. The molecule has 0 aliphatic heterocycles. The molecule has 0 atom stereocenters. The normalized spacial score (nSPS) is 11.3. The van der Waals surface area contributed by atoms with Gasteiger partial charge in [0.05, 0.1) is 5.75 Å². The van der Waals surface area contributed by atoms with Gasteiger partial charge in [-0.15, -0.1) is 10.2 Å². The largest absolute Gasteiger partial charge is 0.416 e. The predicted molar refractivity (Wildman–Crippen MR) is 124 cm³/mol. The van der Waals surface area contributed by atoms with E-state index in [1.807, 2.05) is 31.2 Å². The molecule has 3 aromatic carbocycles. The molecule has 0 unspecified atom stereocenters. The standard InChI is InChI=1S/C24H22N4O4S/c1-16-4-2-3-5-21(16)24-28-27-23(32-24)20-12-10-19(11-13-20)22(29)26-14-17-6-8-18(9-7-17)15-33(25,30)31/h2-13H,14-15H2,1H3,(H,26,29)(H2,25,30,31). The number of aryl methyl sites for hydroxylation is 1. The van der Waals surface area contributed by atoms with Crippen LogP contribution in [-0.4, -0.2) is 24.5 Å². The lowest BCUT2D eigenvalue weighted by Gasteiger charge is -2.07. The summed E-state index contributed by atoms with van der Waals surface area (Å²) in [5.41, 5.74) is 4.55. The van der Waals surface area contributed by atoms with Gasteiger partial charge in [-0.2, -0.15) is 0 Å². The summed E-state index contributed by atoms with van der Waals surface area (Å²) in [4.78, 5) is 12.5. The van der Waals surface area contributed by atoms with Crippen molar-refractivity contribution in [2.24, 2.45) is 5.14 Å². The van der Waals surface area contributed by atoms with Crippen molar-refractivity contribution in [3.05, 3.63) is 95.1 Å². The number of aromatic nitrogens is 2. The van der Waals surface area contributed by atoms with Crippen molar-refractivity contribution in [2.75, 3.05) is 0 Å². The molecule has 4 aromatic rings. The van der Waals surface area contributed by atoms with Crippen LogP contribution in [0.15, 0.2) is 77.2 Å². The van der Waals surface area contributed by atoms with E-state index in [0.717, 1.165) is 16.7 Å². The van der Waals surface area contributed by atoms with E-state index in [-0.39, 0.29) is 11.7 Å². The molecule has 0 bridgehead atoms. The molecule has 0 saturated heterocycles. The molecule has 9 heteroatoms. The zero-order chi connectivity index (χ0) is 23.4. The molecule has 168 valence electrons. The molecule has 0 radical (unpaired) electrons. The highest BCUT2D eigenvalue weighted by Crippen LogP contribution is 2.26. The Morgan fingerprint density at radius 1 is 0.909 bits per heavy atom. The number of hydrogen-bond acceptors (Lipinski definition) is 6. The number of sulfonamides is 1. The van der Waals surface area contributed by atoms with E-state index >= 15 is 0 Å². The number of carbonyl (C=O) groups excluding carboxylic acids is 1. The van der Waals surface area contributed by atoms with Gasteiger partial charge >= 0.3 is 0 Å². The number of rotatable bonds is 7. The highest BCUT2D eigenvalue weighted by molar-refractivity contribution is 7.88. The maximum atomic E-state index is 12.5. The van der Waals surface area contributed by atoms with Gasteiger partial charge in [0.25, 0.3) is 5.91 Å². The number of nitrogens with two attached hydrogens (primary N) is 1. The fourth-order valence-corrected chi connectivity index (χ4v) is 3.95. The summed E-state index contributed by atoms with van der Waals surface area (Å²) in [7, 11) is -3.58. The molecule has 1 heterocycles. The van der Waals surface area contributed by atoms with Gasteiger partial charge in [-0.1, -0.05) is 42.5 Å². The topological polar surface area (TPSA) is 128 Å². The van der Waals surface area contributed by atoms with Crippen LogP contribution in [0.2, 0.25) is 0 Å². The third-order valence-electron chi connectivity index (χ3n) is 5.04. The average molecular weight is 463 g/mol. The van der Waals surface area contributed by atoms with Crippen molar-refractivity contribution in [3.63, 3.8) is 0 Å². The first kappa shape index (κ1) is 22.4. The Morgan fingerprint density at radius 2 is 1.55 bits per heavy atom. The van der Waals surface area contributed by atoms with Gasteiger partial charge in [0.1, 0.15) is 0 Å². The predicted octanol–water partition coefficient (Wildman–Crippen LogP) is 3.43. The second kappa shape index (κ2) is 9.35. The van der Waals surface area contributed by atoms with E-state index < -0.39 is 10.0 Å². The molecular formula is C24H22N4O4S. The van der Waals surface area contributed by atoms with Crippen molar-refractivity contribution in [1.29, 1.82) is 0 Å². The molecule has 1 amide bonds. The van der Waals surface area contributed by atoms with E-state index in [2.05, 4.69) is 15.5 Å². The Morgan fingerprint density at radius 3 is 2.21 bits per heavy atom. The van der Waals surface area contributed by atoms with Crippen LogP contribution in [0.4, 0.5) is 0 Å². The molecule has 8 nitrogen and oxygen atoms in total. The fourth-order valence-electron chi connectivity index (χ4n) is 3.30. The Bertz CT molecular complexity index is 1380. The van der Waals surface area contributed by atoms with E-state index in [1.54, 1.807) is 48.5 Å². The minimum Gasteiger partial charge on any atom is -0.416 e. The van der Waals surface area contributed by atoms with Crippen molar-refractivity contribution in [3.8, 4) is 22.9 Å². The van der Waals surface area contributed by atoms with E-state index in [4.69, 9.17) is 9.56 Å². The van der Waals surface area contributed by atoms with Crippen LogP contribution in [0.25, 0.3) is 22.9 Å². The Labute approximate surface area is 191 Å². The summed E-state index contributed by atoms with van der Waals surface area (Å²) < 4.78 is 28.1. The van der Waals surface area contributed by atoms with Gasteiger partial charge < -0.3 is 9.73 Å². The van der Waals surface area contributed by atoms with Crippen molar-refractivity contribution >= 4 is 15.9 Å². The van der Waals surface area contributed by atoms with Crippen LogP contribution < -0.4 is 10.5 Å².